The SMILES string of the molecule is CCCCC(CN)NC(=O)C1CC(=O)N(Cc2ccc(C)cc2)C1. The van der Waals surface area contributed by atoms with Crippen molar-refractivity contribution in [3.8, 4) is 0 Å². The molecule has 3 N–H and O–H groups in total. The Morgan fingerprint density at radius 1 is 1.38 bits per heavy atom. The van der Waals surface area contributed by atoms with Gasteiger partial charge in [-0.2, -0.15) is 0 Å². The predicted octanol–water partition coefficient (Wildman–Crippen LogP) is 1.98. The van der Waals surface area contributed by atoms with Gasteiger partial charge in [0.15, 0.2) is 0 Å². The molecule has 2 atom stereocenters. The molecule has 1 fully saturated rings. The first kappa shape index (κ1) is 18.5. The lowest BCUT2D eigenvalue weighted by atomic mass is 10.1. The van der Waals surface area contributed by atoms with Gasteiger partial charge in [-0.25, -0.2) is 0 Å². The number of amides is 2. The second-order valence-corrected chi connectivity index (χ2v) is 6.74. The van der Waals surface area contributed by atoms with Gasteiger partial charge in [0.2, 0.25) is 11.8 Å². The number of nitrogens with zero attached hydrogens (tertiary/aromatic N) is 1. The van der Waals surface area contributed by atoms with Gasteiger partial charge in [-0.05, 0) is 18.9 Å². The number of rotatable bonds is 8. The molecule has 1 aliphatic heterocycles. The molecule has 132 valence electrons. The molecule has 2 unspecified atom stereocenters. The van der Waals surface area contributed by atoms with Crippen LogP contribution in [0.25, 0.3) is 0 Å². The van der Waals surface area contributed by atoms with Crippen LogP contribution in [0.2, 0.25) is 0 Å². The summed E-state index contributed by atoms with van der Waals surface area (Å²) in [5.41, 5.74) is 8.03. The average molecular weight is 331 g/mol. The maximum absolute atomic E-state index is 12.4. The van der Waals surface area contributed by atoms with Gasteiger partial charge in [-0.15, -0.1) is 0 Å². The number of aryl methyl sites for hydroxylation is 1. The van der Waals surface area contributed by atoms with Crippen LogP contribution in [0.15, 0.2) is 24.3 Å². The summed E-state index contributed by atoms with van der Waals surface area (Å²) in [4.78, 5) is 26.4. The molecule has 5 heteroatoms. The molecule has 0 saturated carbocycles. The number of nitrogens with one attached hydrogen (secondary N) is 1. The van der Waals surface area contributed by atoms with Crippen LogP contribution in [0.1, 0.15) is 43.7 Å². The Balaban J connectivity index is 1.88. The van der Waals surface area contributed by atoms with Gasteiger partial charge in [-0.1, -0.05) is 49.6 Å². The fourth-order valence-corrected chi connectivity index (χ4v) is 3.03. The summed E-state index contributed by atoms with van der Waals surface area (Å²) < 4.78 is 0. The topological polar surface area (TPSA) is 75.4 Å². The van der Waals surface area contributed by atoms with Gasteiger partial charge in [0.1, 0.15) is 0 Å². The van der Waals surface area contributed by atoms with Crippen molar-refractivity contribution in [3.63, 3.8) is 0 Å². The number of likely N-dealkylation sites (tertiary alicyclic amines) is 1. The van der Waals surface area contributed by atoms with E-state index in [9.17, 15) is 9.59 Å². The van der Waals surface area contributed by atoms with Crippen molar-refractivity contribution in [2.45, 2.75) is 52.1 Å². The molecular formula is C19H29N3O2. The van der Waals surface area contributed by atoms with E-state index in [2.05, 4.69) is 12.2 Å². The molecule has 5 nitrogen and oxygen atoms in total. The van der Waals surface area contributed by atoms with Crippen molar-refractivity contribution in [2.75, 3.05) is 13.1 Å². The number of hydrogen-bond donors (Lipinski definition) is 2. The second kappa shape index (κ2) is 8.83. The summed E-state index contributed by atoms with van der Waals surface area (Å²) in [6, 6.07) is 8.16. The summed E-state index contributed by atoms with van der Waals surface area (Å²) in [6.45, 7) is 5.66. The lowest BCUT2D eigenvalue weighted by Crippen LogP contribution is -2.43. The summed E-state index contributed by atoms with van der Waals surface area (Å²) in [5.74, 6) is -0.256. The molecule has 1 aromatic carbocycles. The highest BCUT2D eigenvalue weighted by Gasteiger charge is 2.34. The Hall–Kier alpha value is -1.88. The quantitative estimate of drug-likeness (QED) is 0.765. The third kappa shape index (κ3) is 5.06. The first-order valence-electron chi connectivity index (χ1n) is 8.87. The zero-order valence-electron chi connectivity index (χ0n) is 14.8. The molecule has 24 heavy (non-hydrogen) atoms. The molecule has 1 saturated heterocycles. The number of benzene rings is 1. The molecule has 0 bridgehead atoms. The van der Waals surface area contributed by atoms with E-state index in [-0.39, 0.29) is 23.8 Å². The monoisotopic (exact) mass is 331 g/mol. The van der Waals surface area contributed by atoms with Crippen LogP contribution in [0.4, 0.5) is 0 Å². The van der Waals surface area contributed by atoms with Crippen molar-refractivity contribution in [3.05, 3.63) is 35.4 Å². The number of unbranched alkanes of at least 4 members (excludes halogenated alkanes) is 1. The van der Waals surface area contributed by atoms with E-state index in [0.29, 0.717) is 26.1 Å². The summed E-state index contributed by atoms with van der Waals surface area (Å²) in [7, 11) is 0. The van der Waals surface area contributed by atoms with Crippen LogP contribution in [-0.2, 0) is 16.1 Å². The number of nitrogens with two attached hydrogens (primary N) is 1. The van der Waals surface area contributed by atoms with E-state index in [1.54, 1.807) is 4.90 Å². The zero-order chi connectivity index (χ0) is 17.5. The predicted molar refractivity (Wildman–Crippen MR) is 95.2 cm³/mol. The molecule has 1 aliphatic rings. The minimum atomic E-state index is -0.265. The van der Waals surface area contributed by atoms with E-state index >= 15 is 0 Å². The van der Waals surface area contributed by atoms with Gasteiger partial charge < -0.3 is 16.0 Å². The summed E-state index contributed by atoms with van der Waals surface area (Å²) >= 11 is 0. The van der Waals surface area contributed by atoms with Crippen LogP contribution >= 0.6 is 0 Å². The Labute approximate surface area is 144 Å². The highest BCUT2D eigenvalue weighted by molar-refractivity contribution is 5.89. The maximum atomic E-state index is 12.4. The minimum absolute atomic E-state index is 0.0127. The van der Waals surface area contributed by atoms with Crippen LogP contribution < -0.4 is 11.1 Å². The molecule has 0 spiro atoms. The van der Waals surface area contributed by atoms with E-state index in [4.69, 9.17) is 5.73 Å². The van der Waals surface area contributed by atoms with Crippen molar-refractivity contribution < 1.29 is 9.59 Å². The third-order valence-electron chi connectivity index (χ3n) is 4.62. The van der Waals surface area contributed by atoms with Crippen molar-refractivity contribution >= 4 is 11.8 Å². The molecule has 1 heterocycles. The first-order chi connectivity index (χ1) is 11.5. The van der Waals surface area contributed by atoms with Gasteiger partial charge in [0, 0.05) is 32.1 Å². The summed E-state index contributed by atoms with van der Waals surface area (Å²) in [5, 5.41) is 3.01. The van der Waals surface area contributed by atoms with Gasteiger partial charge >= 0.3 is 0 Å². The molecular weight excluding hydrogens is 302 g/mol. The van der Waals surface area contributed by atoms with Gasteiger partial charge in [0.05, 0.1) is 5.92 Å². The van der Waals surface area contributed by atoms with Gasteiger partial charge in [-0.3, -0.25) is 9.59 Å². The molecule has 2 rings (SSSR count). The highest BCUT2D eigenvalue weighted by atomic mass is 16.2. The Morgan fingerprint density at radius 2 is 2.08 bits per heavy atom. The zero-order valence-corrected chi connectivity index (χ0v) is 14.8. The Morgan fingerprint density at radius 3 is 2.71 bits per heavy atom. The number of carbonyl (C=O) groups is 2. The molecule has 0 aliphatic carbocycles. The molecule has 2 amide bonds. The first-order valence-corrected chi connectivity index (χ1v) is 8.87. The molecule has 0 aromatic heterocycles. The molecule has 1 aromatic rings. The lowest BCUT2D eigenvalue weighted by Gasteiger charge is -2.20. The van der Waals surface area contributed by atoms with Crippen LogP contribution in [-0.4, -0.2) is 35.8 Å². The van der Waals surface area contributed by atoms with Crippen molar-refractivity contribution in [2.24, 2.45) is 11.7 Å². The van der Waals surface area contributed by atoms with Crippen LogP contribution in [0.3, 0.4) is 0 Å². The van der Waals surface area contributed by atoms with E-state index < -0.39 is 0 Å². The highest BCUT2D eigenvalue weighted by Crippen LogP contribution is 2.21. The van der Waals surface area contributed by atoms with E-state index in [0.717, 1.165) is 24.8 Å². The van der Waals surface area contributed by atoms with E-state index in [1.165, 1.54) is 5.56 Å². The van der Waals surface area contributed by atoms with Crippen molar-refractivity contribution in [1.82, 2.24) is 10.2 Å². The normalized spacial score (nSPS) is 18.7. The Bertz CT molecular complexity index is 556. The van der Waals surface area contributed by atoms with Crippen molar-refractivity contribution in [1.29, 1.82) is 0 Å². The smallest absolute Gasteiger partial charge is 0.225 e. The summed E-state index contributed by atoms with van der Waals surface area (Å²) in [6.07, 6.45) is 3.32. The minimum Gasteiger partial charge on any atom is -0.352 e. The standard InChI is InChI=1S/C19H29N3O2/c1-3-4-5-17(11-20)21-19(24)16-10-18(23)22(13-16)12-15-8-6-14(2)7-9-15/h6-9,16-17H,3-5,10-13,20H2,1-2H3,(H,21,24). The maximum Gasteiger partial charge on any atom is 0.225 e. The van der Waals surface area contributed by atoms with Gasteiger partial charge in [0.25, 0.3) is 0 Å². The molecule has 0 radical (unpaired) electrons. The van der Waals surface area contributed by atoms with E-state index in [1.807, 2.05) is 31.2 Å². The number of carbonyl (C=O) groups excluding carboxylic acids is 2. The largest absolute Gasteiger partial charge is 0.352 e. The third-order valence-corrected chi connectivity index (χ3v) is 4.62. The fraction of sp³-hybridized carbons (Fsp3) is 0.579. The lowest BCUT2D eigenvalue weighted by molar-refractivity contribution is -0.129. The van der Waals surface area contributed by atoms with Crippen LogP contribution in [0.5, 0.6) is 0 Å². The second-order valence-electron chi connectivity index (χ2n) is 6.74. The fourth-order valence-electron chi connectivity index (χ4n) is 3.03. The van der Waals surface area contributed by atoms with Crippen LogP contribution in [0, 0.1) is 12.8 Å². The number of hydrogen-bond acceptors (Lipinski definition) is 3. The Kier molecular flexibility index (Phi) is 6.79. The average Bonchev–Trinajstić information content (AvgIpc) is 2.94.